The minimum atomic E-state index is -0.479. The number of nitrogens with zero attached hydrogens (tertiary/aromatic N) is 2. The van der Waals surface area contributed by atoms with E-state index in [1.54, 1.807) is 9.80 Å². The summed E-state index contributed by atoms with van der Waals surface area (Å²) < 4.78 is 10.7. The Bertz CT molecular complexity index is 610. The van der Waals surface area contributed by atoms with Gasteiger partial charge in [-0.2, -0.15) is 0 Å². The van der Waals surface area contributed by atoms with Crippen molar-refractivity contribution in [1.29, 1.82) is 0 Å². The first-order valence-corrected chi connectivity index (χ1v) is 8.20. The van der Waals surface area contributed by atoms with Gasteiger partial charge in [0.05, 0.1) is 0 Å². The summed E-state index contributed by atoms with van der Waals surface area (Å²) in [5, 5.41) is 0. The van der Waals surface area contributed by atoms with Gasteiger partial charge in [0.25, 0.3) is 0 Å². The van der Waals surface area contributed by atoms with Gasteiger partial charge in [0.1, 0.15) is 12.2 Å². The fourth-order valence-electron chi connectivity index (χ4n) is 3.12. The second-order valence-corrected chi connectivity index (χ2v) is 7.73. The first kappa shape index (κ1) is 16.6. The van der Waals surface area contributed by atoms with Crippen molar-refractivity contribution in [3.63, 3.8) is 0 Å². The summed E-state index contributed by atoms with van der Waals surface area (Å²) in [5.41, 5.74) is 0.524. The third-order valence-corrected chi connectivity index (χ3v) is 4.22. The van der Waals surface area contributed by atoms with Crippen LogP contribution in [0.5, 0.6) is 0 Å². The second kappa shape index (κ2) is 6.00. The number of hydrogen-bond donors (Lipinski definition) is 0. The van der Waals surface area contributed by atoms with Gasteiger partial charge in [-0.25, -0.2) is 9.59 Å². The fraction of sp³-hybridized carbons (Fsp3) is 0.556. The Labute approximate surface area is 142 Å². The van der Waals surface area contributed by atoms with E-state index in [2.05, 4.69) is 0 Å². The molecular weight excluding hydrogens is 308 g/mol. The Balaban J connectivity index is 1.39. The molecule has 2 aliphatic heterocycles. The van der Waals surface area contributed by atoms with Crippen molar-refractivity contribution in [1.82, 2.24) is 9.80 Å². The molecule has 2 amide bonds. The highest BCUT2D eigenvalue weighted by Gasteiger charge is 2.55. The van der Waals surface area contributed by atoms with Gasteiger partial charge >= 0.3 is 12.2 Å². The molecule has 6 heteroatoms. The highest BCUT2D eigenvalue weighted by atomic mass is 16.6. The van der Waals surface area contributed by atoms with Crippen LogP contribution in [-0.2, 0) is 16.1 Å². The maximum Gasteiger partial charge on any atom is 0.410 e. The molecule has 0 N–H and O–H groups in total. The zero-order valence-electron chi connectivity index (χ0n) is 14.4. The number of amides is 2. The van der Waals surface area contributed by atoms with Gasteiger partial charge in [-0.15, -0.1) is 0 Å². The minimum absolute atomic E-state index is 0.0304. The highest BCUT2D eigenvalue weighted by Crippen LogP contribution is 2.40. The van der Waals surface area contributed by atoms with Crippen LogP contribution in [0.2, 0.25) is 0 Å². The molecule has 2 aliphatic rings. The quantitative estimate of drug-likeness (QED) is 0.835. The lowest BCUT2D eigenvalue weighted by Gasteiger charge is -2.59. The van der Waals surface area contributed by atoms with Crippen LogP contribution in [0.15, 0.2) is 30.3 Å². The monoisotopic (exact) mass is 332 g/mol. The number of rotatable bonds is 2. The number of carbonyl (C=O) groups is 2. The molecular formula is C18H24N2O4. The zero-order valence-corrected chi connectivity index (χ0v) is 14.4. The predicted octanol–water partition coefficient (Wildman–Crippen LogP) is 2.88. The highest BCUT2D eigenvalue weighted by molar-refractivity contribution is 5.72. The van der Waals surface area contributed by atoms with Gasteiger partial charge in [-0.3, -0.25) is 0 Å². The molecule has 1 aromatic rings. The van der Waals surface area contributed by atoms with E-state index in [4.69, 9.17) is 9.47 Å². The van der Waals surface area contributed by atoms with Gasteiger partial charge in [-0.1, -0.05) is 30.3 Å². The SMILES string of the molecule is CC(C)(C)OC(=O)N1CC2(CN(C(=O)OCc3ccccc3)C2)C1. The van der Waals surface area contributed by atoms with Crippen molar-refractivity contribution in [2.75, 3.05) is 26.2 Å². The first-order valence-electron chi connectivity index (χ1n) is 8.20. The topological polar surface area (TPSA) is 59.1 Å². The molecule has 3 rings (SSSR count). The van der Waals surface area contributed by atoms with Crippen molar-refractivity contribution < 1.29 is 19.1 Å². The molecule has 1 aromatic carbocycles. The largest absolute Gasteiger partial charge is 0.445 e. The van der Waals surface area contributed by atoms with E-state index < -0.39 is 5.60 Å². The molecule has 0 bridgehead atoms. The van der Waals surface area contributed by atoms with Crippen molar-refractivity contribution in [3.8, 4) is 0 Å². The van der Waals surface area contributed by atoms with Gasteiger partial charge < -0.3 is 19.3 Å². The molecule has 0 aromatic heterocycles. The van der Waals surface area contributed by atoms with Gasteiger partial charge in [0.2, 0.25) is 0 Å². The van der Waals surface area contributed by atoms with E-state index in [0.717, 1.165) is 5.56 Å². The molecule has 0 radical (unpaired) electrons. The molecule has 0 atom stereocenters. The van der Waals surface area contributed by atoms with Crippen LogP contribution in [0, 0.1) is 5.41 Å². The second-order valence-electron chi connectivity index (χ2n) is 7.73. The fourth-order valence-corrected chi connectivity index (χ4v) is 3.12. The Morgan fingerprint density at radius 1 is 1.00 bits per heavy atom. The summed E-state index contributed by atoms with van der Waals surface area (Å²) in [6.45, 7) is 8.42. The van der Waals surface area contributed by atoms with Crippen molar-refractivity contribution in [2.45, 2.75) is 33.0 Å². The van der Waals surface area contributed by atoms with E-state index in [9.17, 15) is 9.59 Å². The third kappa shape index (κ3) is 3.63. The summed E-state index contributed by atoms with van der Waals surface area (Å²) in [6, 6.07) is 9.62. The molecule has 2 saturated heterocycles. The molecule has 0 saturated carbocycles. The number of carbonyl (C=O) groups excluding carboxylic acids is 2. The third-order valence-electron chi connectivity index (χ3n) is 4.22. The van der Waals surface area contributed by atoms with E-state index in [0.29, 0.717) is 26.2 Å². The normalized spacial score (nSPS) is 18.6. The lowest BCUT2D eigenvalue weighted by atomic mass is 9.73. The van der Waals surface area contributed by atoms with Crippen LogP contribution >= 0.6 is 0 Å². The summed E-state index contributed by atoms with van der Waals surface area (Å²) >= 11 is 0. The Kier molecular flexibility index (Phi) is 4.15. The summed E-state index contributed by atoms with van der Waals surface area (Å²) in [6.07, 6.45) is -0.571. The number of likely N-dealkylation sites (tertiary alicyclic amines) is 2. The van der Waals surface area contributed by atoms with Crippen LogP contribution < -0.4 is 0 Å². The van der Waals surface area contributed by atoms with Crippen LogP contribution in [0.3, 0.4) is 0 Å². The molecule has 1 spiro atoms. The van der Waals surface area contributed by atoms with Crippen molar-refractivity contribution in [2.24, 2.45) is 5.41 Å². The Morgan fingerprint density at radius 2 is 1.54 bits per heavy atom. The molecule has 2 fully saturated rings. The zero-order chi connectivity index (χ0) is 17.4. The number of ether oxygens (including phenoxy) is 2. The molecule has 0 aliphatic carbocycles. The van der Waals surface area contributed by atoms with E-state index in [1.807, 2.05) is 51.1 Å². The van der Waals surface area contributed by atoms with Gasteiger partial charge in [0.15, 0.2) is 0 Å². The standard InChI is InChI=1S/C18H24N2O4/c1-17(2,3)24-16(22)20-12-18(13-20)10-19(11-18)15(21)23-9-14-7-5-4-6-8-14/h4-8H,9-13H2,1-3H3. The summed E-state index contributed by atoms with van der Waals surface area (Å²) in [4.78, 5) is 27.4. The van der Waals surface area contributed by atoms with E-state index in [1.165, 1.54) is 0 Å². The summed E-state index contributed by atoms with van der Waals surface area (Å²) in [7, 11) is 0. The maximum atomic E-state index is 12.0. The lowest BCUT2D eigenvalue weighted by molar-refractivity contribution is -0.104. The number of hydrogen-bond acceptors (Lipinski definition) is 4. The lowest BCUT2D eigenvalue weighted by Crippen LogP contribution is -2.73. The average molecular weight is 332 g/mol. The summed E-state index contributed by atoms with van der Waals surface area (Å²) in [5.74, 6) is 0. The van der Waals surface area contributed by atoms with Gasteiger partial charge in [-0.05, 0) is 26.3 Å². The van der Waals surface area contributed by atoms with Crippen LogP contribution in [-0.4, -0.2) is 53.8 Å². The van der Waals surface area contributed by atoms with E-state index >= 15 is 0 Å². The first-order chi connectivity index (χ1) is 11.3. The predicted molar refractivity (Wildman–Crippen MR) is 88.4 cm³/mol. The molecule has 0 unspecified atom stereocenters. The van der Waals surface area contributed by atoms with Crippen molar-refractivity contribution >= 4 is 12.2 Å². The van der Waals surface area contributed by atoms with E-state index in [-0.39, 0.29) is 24.2 Å². The molecule has 6 nitrogen and oxygen atoms in total. The van der Waals surface area contributed by atoms with Crippen molar-refractivity contribution in [3.05, 3.63) is 35.9 Å². The minimum Gasteiger partial charge on any atom is -0.445 e. The molecule has 2 heterocycles. The maximum absolute atomic E-state index is 12.0. The number of benzene rings is 1. The molecule has 24 heavy (non-hydrogen) atoms. The molecule has 130 valence electrons. The average Bonchev–Trinajstić information content (AvgIpc) is 2.41. The Hall–Kier alpha value is -2.24. The smallest absolute Gasteiger partial charge is 0.410 e. The Morgan fingerprint density at radius 3 is 2.08 bits per heavy atom. The van der Waals surface area contributed by atoms with Crippen LogP contribution in [0.4, 0.5) is 9.59 Å². The van der Waals surface area contributed by atoms with Gasteiger partial charge in [0, 0.05) is 31.6 Å². The van der Waals surface area contributed by atoms with Crippen LogP contribution in [0.1, 0.15) is 26.3 Å². The van der Waals surface area contributed by atoms with Crippen LogP contribution in [0.25, 0.3) is 0 Å².